The zero-order valence-corrected chi connectivity index (χ0v) is 12.6. The SMILES string of the molecule is Fc1ccc(OCC2CCCN(Cc3ccncc3)C2)cc1. The van der Waals surface area contributed by atoms with Crippen LogP contribution in [-0.2, 0) is 6.54 Å². The predicted molar refractivity (Wildman–Crippen MR) is 84.1 cm³/mol. The summed E-state index contributed by atoms with van der Waals surface area (Å²) in [5, 5.41) is 0. The van der Waals surface area contributed by atoms with E-state index in [1.165, 1.54) is 30.5 Å². The van der Waals surface area contributed by atoms with Gasteiger partial charge in [-0.2, -0.15) is 0 Å². The van der Waals surface area contributed by atoms with Gasteiger partial charge in [0, 0.05) is 31.4 Å². The van der Waals surface area contributed by atoms with E-state index in [0.29, 0.717) is 12.5 Å². The molecule has 1 atom stereocenters. The fourth-order valence-electron chi connectivity index (χ4n) is 2.92. The first-order valence-corrected chi connectivity index (χ1v) is 7.79. The van der Waals surface area contributed by atoms with E-state index in [0.717, 1.165) is 25.4 Å². The molecule has 3 rings (SSSR count). The van der Waals surface area contributed by atoms with E-state index < -0.39 is 0 Å². The molecule has 1 aliphatic heterocycles. The lowest BCUT2D eigenvalue weighted by molar-refractivity contribution is 0.125. The van der Waals surface area contributed by atoms with Gasteiger partial charge in [0.2, 0.25) is 0 Å². The van der Waals surface area contributed by atoms with Crippen LogP contribution in [0.5, 0.6) is 5.75 Å². The van der Waals surface area contributed by atoms with Crippen LogP contribution in [0.15, 0.2) is 48.8 Å². The maximum Gasteiger partial charge on any atom is 0.123 e. The Kier molecular flexibility index (Phi) is 5.01. The summed E-state index contributed by atoms with van der Waals surface area (Å²) in [6, 6.07) is 10.4. The van der Waals surface area contributed by atoms with Gasteiger partial charge < -0.3 is 4.74 Å². The van der Waals surface area contributed by atoms with E-state index in [1.54, 1.807) is 12.1 Å². The molecule has 0 bridgehead atoms. The summed E-state index contributed by atoms with van der Waals surface area (Å²) >= 11 is 0. The van der Waals surface area contributed by atoms with Gasteiger partial charge in [0.05, 0.1) is 6.61 Å². The molecule has 1 unspecified atom stereocenters. The molecule has 2 aromatic rings. The van der Waals surface area contributed by atoms with Gasteiger partial charge in [-0.05, 0) is 61.3 Å². The molecule has 3 nitrogen and oxygen atoms in total. The van der Waals surface area contributed by atoms with Crippen molar-refractivity contribution in [1.82, 2.24) is 9.88 Å². The predicted octanol–water partition coefficient (Wildman–Crippen LogP) is 3.51. The van der Waals surface area contributed by atoms with Crippen molar-refractivity contribution in [3.05, 3.63) is 60.2 Å². The number of rotatable bonds is 5. The molecule has 1 saturated heterocycles. The van der Waals surface area contributed by atoms with Gasteiger partial charge in [0.15, 0.2) is 0 Å². The van der Waals surface area contributed by atoms with Gasteiger partial charge in [-0.3, -0.25) is 9.88 Å². The minimum atomic E-state index is -0.228. The zero-order chi connectivity index (χ0) is 15.2. The Morgan fingerprint density at radius 1 is 1.14 bits per heavy atom. The van der Waals surface area contributed by atoms with Gasteiger partial charge >= 0.3 is 0 Å². The summed E-state index contributed by atoms with van der Waals surface area (Å²) in [6.07, 6.45) is 6.07. The third-order valence-electron chi connectivity index (χ3n) is 4.06. The van der Waals surface area contributed by atoms with Crippen LogP contribution in [0.3, 0.4) is 0 Å². The first-order valence-electron chi connectivity index (χ1n) is 7.79. The second-order valence-electron chi connectivity index (χ2n) is 5.86. The van der Waals surface area contributed by atoms with E-state index in [9.17, 15) is 4.39 Å². The number of piperidine rings is 1. The van der Waals surface area contributed by atoms with Crippen molar-refractivity contribution < 1.29 is 9.13 Å². The second-order valence-corrected chi connectivity index (χ2v) is 5.86. The Labute approximate surface area is 130 Å². The third kappa shape index (κ3) is 4.28. The van der Waals surface area contributed by atoms with E-state index in [2.05, 4.69) is 22.0 Å². The average Bonchev–Trinajstić information content (AvgIpc) is 2.56. The fraction of sp³-hybridized carbons (Fsp3) is 0.389. The Morgan fingerprint density at radius 3 is 2.68 bits per heavy atom. The molecule has 22 heavy (non-hydrogen) atoms. The third-order valence-corrected chi connectivity index (χ3v) is 4.06. The van der Waals surface area contributed by atoms with Gasteiger partial charge in [0.1, 0.15) is 11.6 Å². The molecule has 116 valence electrons. The summed E-state index contributed by atoms with van der Waals surface area (Å²) in [4.78, 5) is 6.53. The normalized spacial score (nSPS) is 19.0. The minimum Gasteiger partial charge on any atom is -0.493 e. The Morgan fingerprint density at radius 2 is 1.91 bits per heavy atom. The fourth-order valence-corrected chi connectivity index (χ4v) is 2.92. The summed E-state index contributed by atoms with van der Waals surface area (Å²) in [5.41, 5.74) is 1.30. The van der Waals surface area contributed by atoms with Crippen molar-refractivity contribution in [1.29, 1.82) is 0 Å². The van der Waals surface area contributed by atoms with Crippen LogP contribution in [-0.4, -0.2) is 29.6 Å². The molecule has 1 aromatic heterocycles. The highest BCUT2D eigenvalue weighted by Crippen LogP contribution is 2.20. The topological polar surface area (TPSA) is 25.4 Å². The lowest BCUT2D eigenvalue weighted by Gasteiger charge is -2.32. The lowest BCUT2D eigenvalue weighted by atomic mass is 9.98. The largest absolute Gasteiger partial charge is 0.493 e. The van der Waals surface area contributed by atoms with Crippen LogP contribution in [0.4, 0.5) is 4.39 Å². The first kappa shape index (κ1) is 15.0. The van der Waals surface area contributed by atoms with Crippen LogP contribution in [0.1, 0.15) is 18.4 Å². The van der Waals surface area contributed by atoms with Crippen molar-refractivity contribution in [2.75, 3.05) is 19.7 Å². The van der Waals surface area contributed by atoms with Crippen LogP contribution >= 0.6 is 0 Å². The summed E-state index contributed by atoms with van der Waals surface area (Å²) < 4.78 is 18.7. The molecular formula is C18H21FN2O. The highest BCUT2D eigenvalue weighted by Gasteiger charge is 2.20. The molecular weight excluding hydrogens is 279 g/mol. The molecule has 0 amide bonds. The van der Waals surface area contributed by atoms with E-state index in [4.69, 9.17) is 4.74 Å². The number of hydrogen-bond acceptors (Lipinski definition) is 3. The standard InChI is InChI=1S/C18H21FN2O/c19-17-3-5-18(6-4-17)22-14-16-2-1-11-21(13-16)12-15-7-9-20-10-8-15/h3-10,16H,1-2,11-14H2. The quantitative estimate of drug-likeness (QED) is 0.845. The number of aromatic nitrogens is 1. The van der Waals surface area contributed by atoms with Gasteiger partial charge in [-0.25, -0.2) is 4.39 Å². The van der Waals surface area contributed by atoms with Crippen molar-refractivity contribution in [3.63, 3.8) is 0 Å². The molecule has 0 saturated carbocycles. The molecule has 0 radical (unpaired) electrons. The second kappa shape index (κ2) is 7.36. The van der Waals surface area contributed by atoms with Gasteiger partial charge in [-0.1, -0.05) is 0 Å². The van der Waals surface area contributed by atoms with Crippen molar-refractivity contribution in [2.24, 2.45) is 5.92 Å². The number of nitrogens with zero attached hydrogens (tertiary/aromatic N) is 2. The Hall–Kier alpha value is -1.94. The number of hydrogen-bond donors (Lipinski definition) is 0. The Bertz CT molecular complexity index is 573. The van der Waals surface area contributed by atoms with Gasteiger partial charge in [-0.15, -0.1) is 0 Å². The van der Waals surface area contributed by atoms with E-state index >= 15 is 0 Å². The summed E-state index contributed by atoms with van der Waals surface area (Å²) in [5.74, 6) is 1.04. The highest BCUT2D eigenvalue weighted by molar-refractivity contribution is 5.22. The molecule has 1 fully saturated rings. The number of halogens is 1. The van der Waals surface area contributed by atoms with Crippen molar-refractivity contribution in [2.45, 2.75) is 19.4 Å². The Balaban J connectivity index is 1.49. The highest BCUT2D eigenvalue weighted by atomic mass is 19.1. The smallest absolute Gasteiger partial charge is 0.123 e. The lowest BCUT2D eigenvalue weighted by Crippen LogP contribution is -2.37. The number of likely N-dealkylation sites (tertiary alicyclic amines) is 1. The monoisotopic (exact) mass is 300 g/mol. The number of benzene rings is 1. The minimum absolute atomic E-state index is 0.228. The number of ether oxygens (including phenoxy) is 1. The van der Waals surface area contributed by atoms with E-state index in [-0.39, 0.29) is 5.82 Å². The van der Waals surface area contributed by atoms with Crippen LogP contribution in [0, 0.1) is 11.7 Å². The van der Waals surface area contributed by atoms with Gasteiger partial charge in [0.25, 0.3) is 0 Å². The van der Waals surface area contributed by atoms with Crippen molar-refractivity contribution >= 4 is 0 Å². The van der Waals surface area contributed by atoms with Crippen LogP contribution < -0.4 is 4.74 Å². The molecule has 2 heterocycles. The molecule has 0 aliphatic carbocycles. The first-order chi connectivity index (χ1) is 10.8. The van der Waals surface area contributed by atoms with Crippen LogP contribution in [0.25, 0.3) is 0 Å². The molecule has 4 heteroatoms. The number of pyridine rings is 1. The molecule has 0 N–H and O–H groups in total. The average molecular weight is 300 g/mol. The molecule has 1 aromatic carbocycles. The summed E-state index contributed by atoms with van der Waals surface area (Å²) in [7, 11) is 0. The molecule has 1 aliphatic rings. The maximum atomic E-state index is 12.9. The van der Waals surface area contributed by atoms with Crippen LogP contribution in [0.2, 0.25) is 0 Å². The zero-order valence-electron chi connectivity index (χ0n) is 12.6. The van der Waals surface area contributed by atoms with Crippen molar-refractivity contribution in [3.8, 4) is 5.75 Å². The summed E-state index contributed by atoms with van der Waals surface area (Å²) in [6.45, 7) is 3.84. The maximum absolute atomic E-state index is 12.9. The van der Waals surface area contributed by atoms with E-state index in [1.807, 2.05) is 12.4 Å². The molecule has 0 spiro atoms.